The van der Waals surface area contributed by atoms with Gasteiger partial charge in [-0.1, -0.05) is 0 Å². The van der Waals surface area contributed by atoms with Gasteiger partial charge in [-0.05, 0) is 6.92 Å². The van der Waals surface area contributed by atoms with Gasteiger partial charge in [0.05, 0.1) is 0 Å². The Morgan fingerprint density at radius 1 is 1.44 bits per heavy atom. The molecule has 1 fully saturated rings. The maximum absolute atomic E-state index is 8.74. The highest BCUT2D eigenvalue weighted by Crippen LogP contribution is 1.90. The minimum Gasteiger partial charge on any atom is -0.370 e. The average Bonchev–Trinajstić information content (AvgIpc) is 2.17. The molecule has 96 valence electrons. The van der Waals surface area contributed by atoms with E-state index in [2.05, 4.69) is 15.2 Å². The molecule has 0 aromatic carbocycles. The summed E-state index contributed by atoms with van der Waals surface area (Å²) in [7, 11) is -4.67. The topological polar surface area (TPSA) is 128 Å². The van der Waals surface area contributed by atoms with Crippen LogP contribution < -0.4 is 11.1 Å². The number of guanidine groups is 1. The van der Waals surface area contributed by atoms with Gasteiger partial charge in [0.2, 0.25) is 0 Å². The Morgan fingerprint density at radius 3 is 2.25 bits per heavy atom. The monoisotopic (exact) mass is 254 g/mol. The molecule has 0 spiro atoms. The van der Waals surface area contributed by atoms with Crippen LogP contribution in [0.4, 0.5) is 0 Å². The van der Waals surface area contributed by atoms with Crippen LogP contribution in [-0.4, -0.2) is 61.1 Å². The number of nitrogens with zero attached hydrogens (tertiary/aromatic N) is 2. The Labute approximate surface area is 95.1 Å². The maximum Gasteiger partial charge on any atom is 0.394 e. The van der Waals surface area contributed by atoms with Gasteiger partial charge in [0.25, 0.3) is 0 Å². The molecule has 0 unspecified atom stereocenters. The molecule has 0 aliphatic carbocycles. The van der Waals surface area contributed by atoms with Crippen LogP contribution in [0.1, 0.15) is 6.92 Å². The zero-order valence-corrected chi connectivity index (χ0v) is 9.94. The first kappa shape index (κ1) is 15.1. The van der Waals surface area contributed by atoms with E-state index in [0.29, 0.717) is 5.96 Å². The standard InChI is InChI=1S/C7H16N4.H2O4S/c1-2-10-7(8)11-5-3-9-4-6-11;1-5(2,3)4/h9H,2-6H2,1H3,(H2,8,10);(H2,1,2,3,4). The second kappa shape index (κ2) is 7.39. The molecule has 0 aromatic heterocycles. The van der Waals surface area contributed by atoms with Crippen molar-refractivity contribution in [2.75, 3.05) is 32.7 Å². The van der Waals surface area contributed by atoms with Crippen molar-refractivity contribution in [1.29, 1.82) is 0 Å². The van der Waals surface area contributed by atoms with Gasteiger partial charge in [0, 0.05) is 32.7 Å². The van der Waals surface area contributed by atoms with E-state index in [4.69, 9.17) is 23.3 Å². The van der Waals surface area contributed by atoms with Crippen LogP contribution in [0.2, 0.25) is 0 Å². The average molecular weight is 254 g/mol. The summed E-state index contributed by atoms with van der Waals surface area (Å²) in [6.45, 7) is 6.76. The van der Waals surface area contributed by atoms with Crippen molar-refractivity contribution in [3.05, 3.63) is 0 Å². The van der Waals surface area contributed by atoms with E-state index < -0.39 is 10.4 Å². The third-order valence-corrected chi connectivity index (χ3v) is 1.76. The Kier molecular flexibility index (Phi) is 6.97. The summed E-state index contributed by atoms with van der Waals surface area (Å²) in [6.07, 6.45) is 0. The van der Waals surface area contributed by atoms with Gasteiger partial charge in [-0.25, -0.2) is 0 Å². The number of hydrogen-bond donors (Lipinski definition) is 4. The van der Waals surface area contributed by atoms with Gasteiger partial charge in [-0.3, -0.25) is 14.1 Å². The molecule has 1 rings (SSSR count). The van der Waals surface area contributed by atoms with Crippen molar-refractivity contribution in [1.82, 2.24) is 10.2 Å². The first-order chi connectivity index (χ1) is 7.34. The lowest BCUT2D eigenvalue weighted by atomic mass is 10.4. The SMILES string of the molecule is CCN=C(N)N1CCNCC1.O=S(=O)(O)O. The summed E-state index contributed by atoms with van der Waals surface area (Å²) in [4.78, 5) is 6.25. The van der Waals surface area contributed by atoms with Gasteiger partial charge in [0.1, 0.15) is 0 Å². The molecule has 1 heterocycles. The number of hydrogen-bond acceptors (Lipinski definition) is 4. The number of nitrogens with one attached hydrogen (secondary N) is 1. The molecule has 0 amide bonds. The minimum absolute atomic E-state index is 0.689. The highest BCUT2D eigenvalue weighted by molar-refractivity contribution is 7.79. The van der Waals surface area contributed by atoms with Crippen molar-refractivity contribution < 1.29 is 17.5 Å². The van der Waals surface area contributed by atoms with Crippen LogP contribution in [0.15, 0.2) is 4.99 Å². The van der Waals surface area contributed by atoms with E-state index >= 15 is 0 Å². The molecule has 0 atom stereocenters. The summed E-state index contributed by atoms with van der Waals surface area (Å²) in [5.74, 6) is 0.689. The molecule has 0 radical (unpaired) electrons. The summed E-state index contributed by atoms with van der Waals surface area (Å²) in [5.41, 5.74) is 5.71. The minimum atomic E-state index is -4.67. The van der Waals surface area contributed by atoms with Crippen molar-refractivity contribution >= 4 is 16.4 Å². The highest BCUT2D eigenvalue weighted by Gasteiger charge is 2.10. The maximum atomic E-state index is 8.74. The second-order valence-electron chi connectivity index (χ2n) is 3.02. The quantitative estimate of drug-likeness (QED) is 0.256. The summed E-state index contributed by atoms with van der Waals surface area (Å²) >= 11 is 0. The van der Waals surface area contributed by atoms with Crippen LogP contribution in [0.5, 0.6) is 0 Å². The van der Waals surface area contributed by atoms with E-state index in [1.165, 1.54) is 0 Å². The molecule has 0 aromatic rings. The smallest absolute Gasteiger partial charge is 0.370 e. The van der Waals surface area contributed by atoms with Crippen molar-refractivity contribution in [3.8, 4) is 0 Å². The molecule has 1 saturated heterocycles. The number of piperazine rings is 1. The van der Waals surface area contributed by atoms with Gasteiger partial charge >= 0.3 is 10.4 Å². The molecular formula is C7H18N4O4S. The van der Waals surface area contributed by atoms with Gasteiger partial charge in [0.15, 0.2) is 5.96 Å². The molecule has 1 aliphatic heterocycles. The summed E-state index contributed by atoms with van der Waals surface area (Å²) in [6, 6.07) is 0. The Balaban J connectivity index is 0.000000385. The Morgan fingerprint density at radius 2 is 1.88 bits per heavy atom. The second-order valence-corrected chi connectivity index (χ2v) is 3.91. The van der Waals surface area contributed by atoms with E-state index in [1.54, 1.807) is 0 Å². The fourth-order valence-electron chi connectivity index (χ4n) is 1.16. The predicted molar refractivity (Wildman–Crippen MR) is 60.8 cm³/mol. The van der Waals surface area contributed by atoms with Crippen LogP contribution >= 0.6 is 0 Å². The van der Waals surface area contributed by atoms with Crippen LogP contribution in [0.3, 0.4) is 0 Å². The van der Waals surface area contributed by atoms with E-state index in [-0.39, 0.29) is 0 Å². The third-order valence-electron chi connectivity index (χ3n) is 1.76. The normalized spacial score (nSPS) is 17.7. The fraction of sp³-hybridized carbons (Fsp3) is 0.857. The largest absolute Gasteiger partial charge is 0.394 e. The first-order valence-electron chi connectivity index (χ1n) is 4.80. The zero-order chi connectivity index (χ0) is 12.6. The van der Waals surface area contributed by atoms with Crippen molar-refractivity contribution in [2.45, 2.75) is 6.92 Å². The molecule has 1 aliphatic rings. The van der Waals surface area contributed by atoms with Gasteiger partial charge < -0.3 is 16.0 Å². The molecule has 0 bridgehead atoms. The van der Waals surface area contributed by atoms with Gasteiger partial charge in [-0.15, -0.1) is 0 Å². The zero-order valence-electron chi connectivity index (χ0n) is 9.13. The first-order valence-corrected chi connectivity index (χ1v) is 6.19. The Bertz CT molecular complexity index is 302. The molecule has 5 N–H and O–H groups in total. The highest BCUT2D eigenvalue weighted by atomic mass is 32.3. The summed E-state index contributed by atoms with van der Waals surface area (Å²) < 4.78 is 31.6. The lowest BCUT2D eigenvalue weighted by Crippen LogP contribution is -2.49. The predicted octanol–water partition coefficient (Wildman–Crippen LogP) is -1.43. The van der Waals surface area contributed by atoms with E-state index in [1.807, 2.05) is 6.92 Å². The molecule has 9 heteroatoms. The summed E-state index contributed by atoms with van der Waals surface area (Å²) in [5, 5.41) is 3.26. The molecule has 16 heavy (non-hydrogen) atoms. The molecular weight excluding hydrogens is 236 g/mol. The van der Waals surface area contributed by atoms with Crippen LogP contribution in [0.25, 0.3) is 0 Å². The van der Waals surface area contributed by atoms with Crippen LogP contribution in [-0.2, 0) is 10.4 Å². The van der Waals surface area contributed by atoms with Crippen LogP contribution in [0, 0.1) is 0 Å². The number of nitrogens with two attached hydrogens (primary N) is 1. The van der Waals surface area contributed by atoms with Crippen molar-refractivity contribution in [2.24, 2.45) is 10.7 Å². The number of aliphatic imine (C=N–C) groups is 1. The van der Waals surface area contributed by atoms with Crippen molar-refractivity contribution in [3.63, 3.8) is 0 Å². The fourth-order valence-corrected chi connectivity index (χ4v) is 1.16. The van der Waals surface area contributed by atoms with E-state index in [9.17, 15) is 0 Å². The lowest BCUT2D eigenvalue weighted by molar-refractivity contribution is 0.353. The lowest BCUT2D eigenvalue weighted by Gasteiger charge is -2.28. The third kappa shape index (κ3) is 9.65. The molecule has 0 saturated carbocycles. The van der Waals surface area contributed by atoms with E-state index in [0.717, 1.165) is 32.7 Å². The molecule has 8 nitrogen and oxygen atoms in total. The Hall–Kier alpha value is -0.900. The number of rotatable bonds is 1. The van der Waals surface area contributed by atoms with Gasteiger partial charge in [-0.2, -0.15) is 8.42 Å².